The molecule has 0 bridgehead atoms. The van der Waals surface area contributed by atoms with Crippen LogP contribution in [-0.4, -0.2) is 47.5 Å². The van der Waals surface area contributed by atoms with Crippen LogP contribution in [-0.2, 0) is 23.9 Å². The molecule has 2 fully saturated rings. The van der Waals surface area contributed by atoms with E-state index in [0.717, 1.165) is 0 Å². The van der Waals surface area contributed by atoms with Crippen molar-refractivity contribution in [2.24, 2.45) is 11.8 Å². The highest BCUT2D eigenvalue weighted by atomic mass is 16.6. The van der Waals surface area contributed by atoms with Crippen LogP contribution in [0, 0.1) is 11.8 Å². The Labute approximate surface area is 112 Å². The number of rotatable bonds is 3. The zero-order chi connectivity index (χ0) is 14.5. The lowest BCUT2D eigenvalue weighted by molar-refractivity contribution is -0.225. The van der Waals surface area contributed by atoms with Gasteiger partial charge in [-0.15, -0.1) is 0 Å². The molecule has 2 heterocycles. The van der Waals surface area contributed by atoms with Crippen LogP contribution in [0.25, 0.3) is 0 Å². The van der Waals surface area contributed by atoms with Crippen LogP contribution >= 0.6 is 0 Å². The Balaban J connectivity index is 2.45. The van der Waals surface area contributed by atoms with Gasteiger partial charge in [0.05, 0.1) is 5.92 Å². The molecule has 0 saturated carbocycles. The average molecular weight is 269 g/mol. The van der Waals surface area contributed by atoms with Gasteiger partial charge in [-0.2, -0.15) is 0 Å². The van der Waals surface area contributed by atoms with Crippen LogP contribution in [0.15, 0.2) is 0 Å². The first-order valence-electron chi connectivity index (χ1n) is 6.40. The lowest BCUT2D eigenvalue weighted by Crippen LogP contribution is -2.74. The maximum absolute atomic E-state index is 12.1. The summed E-state index contributed by atoms with van der Waals surface area (Å²) in [5, 5.41) is 0. The molecule has 0 radical (unpaired) electrons. The largest absolute Gasteiger partial charge is 0.459 e. The molecule has 0 aromatic heterocycles. The third-order valence-electron chi connectivity index (χ3n) is 4.06. The monoisotopic (exact) mass is 269 g/mol. The fourth-order valence-electron chi connectivity index (χ4n) is 3.17. The molecule has 1 amide bonds. The fraction of sp³-hybridized carbons (Fsp3) is 0.769. The van der Waals surface area contributed by atoms with Gasteiger partial charge in [-0.05, 0) is 12.8 Å². The van der Waals surface area contributed by atoms with Crippen molar-refractivity contribution in [1.29, 1.82) is 0 Å². The number of nitrogens with zero attached hydrogens (tertiary/aromatic N) is 1. The first-order valence-corrected chi connectivity index (χ1v) is 6.40. The number of likely N-dealkylation sites (tertiary alicyclic amines) is 1. The third-order valence-corrected chi connectivity index (χ3v) is 4.06. The van der Waals surface area contributed by atoms with Crippen molar-refractivity contribution in [3.63, 3.8) is 0 Å². The molecule has 0 spiro atoms. The van der Waals surface area contributed by atoms with Crippen LogP contribution in [0.1, 0.15) is 27.7 Å². The standard InChI is InChI=1S/C13H19NO5/c1-6(2)9(18-8(4)15)13-10(19-12(13)17)7(3)11(16)14(13)5/h6-7,9-10H,1-5H3/t7-,9+,10+,13?/m1/s1. The second-order valence-electron chi connectivity index (χ2n) is 5.61. The summed E-state index contributed by atoms with van der Waals surface area (Å²) in [5.74, 6) is -1.61. The normalized spacial score (nSPS) is 34.7. The Morgan fingerprint density at radius 3 is 2.37 bits per heavy atom. The molecule has 6 nitrogen and oxygen atoms in total. The van der Waals surface area contributed by atoms with Gasteiger partial charge in [0, 0.05) is 14.0 Å². The second kappa shape index (κ2) is 4.21. The first-order chi connectivity index (χ1) is 8.74. The Hall–Kier alpha value is -1.59. The smallest absolute Gasteiger partial charge is 0.340 e. The van der Waals surface area contributed by atoms with Gasteiger partial charge in [-0.3, -0.25) is 9.59 Å². The lowest BCUT2D eigenvalue weighted by atomic mass is 9.75. The van der Waals surface area contributed by atoms with E-state index < -0.39 is 35.6 Å². The zero-order valence-electron chi connectivity index (χ0n) is 11.8. The number of hydrogen-bond donors (Lipinski definition) is 0. The van der Waals surface area contributed by atoms with Gasteiger partial charge in [0.15, 0.2) is 6.10 Å². The molecule has 2 rings (SSSR count). The van der Waals surface area contributed by atoms with Crippen molar-refractivity contribution in [3.05, 3.63) is 0 Å². The molecule has 0 aliphatic carbocycles. The highest BCUT2D eigenvalue weighted by Gasteiger charge is 2.75. The maximum atomic E-state index is 12.1. The van der Waals surface area contributed by atoms with Crippen molar-refractivity contribution < 1.29 is 23.9 Å². The topological polar surface area (TPSA) is 72.9 Å². The molecule has 2 aliphatic rings. The van der Waals surface area contributed by atoms with E-state index in [0.29, 0.717) is 0 Å². The lowest BCUT2D eigenvalue weighted by Gasteiger charge is -2.50. The minimum Gasteiger partial charge on any atom is -0.459 e. The predicted molar refractivity (Wildman–Crippen MR) is 64.9 cm³/mol. The minimum atomic E-state index is -1.16. The Bertz CT molecular complexity index is 446. The molecule has 0 aromatic rings. The molecule has 4 atom stereocenters. The van der Waals surface area contributed by atoms with E-state index >= 15 is 0 Å². The van der Waals surface area contributed by atoms with E-state index in [1.54, 1.807) is 14.0 Å². The van der Waals surface area contributed by atoms with Gasteiger partial charge < -0.3 is 14.4 Å². The van der Waals surface area contributed by atoms with Crippen LogP contribution in [0.4, 0.5) is 0 Å². The van der Waals surface area contributed by atoms with E-state index in [2.05, 4.69) is 0 Å². The Morgan fingerprint density at radius 2 is 2.00 bits per heavy atom. The molecule has 19 heavy (non-hydrogen) atoms. The summed E-state index contributed by atoms with van der Waals surface area (Å²) < 4.78 is 10.5. The molecular weight excluding hydrogens is 250 g/mol. The number of carbonyl (C=O) groups is 3. The molecule has 2 aliphatic heterocycles. The van der Waals surface area contributed by atoms with Gasteiger partial charge >= 0.3 is 11.9 Å². The molecule has 1 unspecified atom stereocenters. The number of esters is 2. The SMILES string of the molecule is CC(=O)O[C@@H](C(C)C)C12C(=O)O[C@H]1[C@@H](C)C(=O)N2C. The number of likely N-dealkylation sites (N-methyl/N-ethyl adjacent to an activating group) is 1. The average Bonchev–Trinajstić information content (AvgIpc) is 2.45. The summed E-state index contributed by atoms with van der Waals surface area (Å²) in [7, 11) is 1.57. The van der Waals surface area contributed by atoms with Gasteiger partial charge in [0.2, 0.25) is 11.4 Å². The summed E-state index contributed by atoms with van der Waals surface area (Å²) in [6, 6.07) is 0. The van der Waals surface area contributed by atoms with Gasteiger partial charge in [0.25, 0.3) is 0 Å². The van der Waals surface area contributed by atoms with Crippen molar-refractivity contribution in [1.82, 2.24) is 4.90 Å². The Morgan fingerprint density at radius 1 is 1.42 bits per heavy atom. The van der Waals surface area contributed by atoms with Crippen molar-refractivity contribution in [3.8, 4) is 0 Å². The van der Waals surface area contributed by atoms with Crippen molar-refractivity contribution >= 4 is 17.8 Å². The number of ether oxygens (including phenoxy) is 2. The molecular formula is C13H19NO5. The summed E-state index contributed by atoms with van der Waals surface area (Å²) in [4.78, 5) is 36.8. The molecule has 2 saturated heterocycles. The maximum Gasteiger partial charge on any atom is 0.340 e. The summed E-state index contributed by atoms with van der Waals surface area (Å²) >= 11 is 0. The van der Waals surface area contributed by atoms with Gasteiger partial charge in [-0.1, -0.05) is 13.8 Å². The Kier molecular flexibility index (Phi) is 3.07. The molecule has 0 aromatic carbocycles. The van der Waals surface area contributed by atoms with Crippen LogP contribution in [0.3, 0.4) is 0 Å². The highest BCUT2D eigenvalue weighted by molar-refractivity contribution is 6.00. The molecule has 6 heteroatoms. The summed E-state index contributed by atoms with van der Waals surface area (Å²) in [6.45, 7) is 6.73. The van der Waals surface area contributed by atoms with Crippen molar-refractivity contribution in [2.75, 3.05) is 7.05 Å². The first kappa shape index (κ1) is 13.8. The van der Waals surface area contributed by atoms with E-state index in [4.69, 9.17) is 9.47 Å². The van der Waals surface area contributed by atoms with Crippen LogP contribution in [0.5, 0.6) is 0 Å². The second-order valence-corrected chi connectivity index (χ2v) is 5.61. The van der Waals surface area contributed by atoms with Crippen LogP contribution in [0.2, 0.25) is 0 Å². The van der Waals surface area contributed by atoms with E-state index in [1.165, 1.54) is 11.8 Å². The third kappa shape index (κ3) is 1.58. The van der Waals surface area contributed by atoms with Crippen molar-refractivity contribution in [2.45, 2.75) is 45.4 Å². The summed E-state index contributed by atoms with van der Waals surface area (Å²) in [6.07, 6.45) is -1.22. The van der Waals surface area contributed by atoms with E-state index in [9.17, 15) is 14.4 Å². The number of amides is 1. The van der Waals surface area contributed by atoms with Crippen LogP contribution < -0.4 is 0 Å². The minimum absolute atomic E-state index is 0.0974. The zero-order valence-corrected chi connectivity index (χ0v) is 11.8. The number of fused-ring (bicyclic) bond motifs is 1. The van der Waals surface area contributed by atoms with E-state index in [1.807, 2.05) is 13.8 Å². The van der Waals surface area contributed by atoms with Gasteiger partial charge in [0.1, 0.15) is 6.10 Å². The number of carbonyl (C=O) groups excluding carboxylic acids is 3. The molecule has 106 valence electrons. The number of hydrogen-bond acceptors (Lipinski definition) is 5. The highest BCUT2D eigenvalue weighted by Crippen LogP contribution is 2.48. The summed E-state index contributed by atoms with van der Waals surface area (Å²) in [5.41, 5.74) is -1.16. The predicted octanol–water partition coefficient (Wildman–Crippen LogP) is 0.346. The van der Waals surface area contributed by atoms with Gasteiger partial charge in [-0.25, -0.2) is 4.79 Å². The quantitative estimate of drug-likeness (QED) is 0.691. The molecule has 0 N–H and O–H groups in total. The fourth-order valence-corrected chi connectivity index (χ4v) is 3.17. The van der Waals surface area contributed by atoms with E-state index in [-0.39, 0.29) is 11.8 Å².